The second-order valence-corrected chi connectivity index (χ2v) is 4.61. The average molecular weight is 200 g/mol. The summed E-state index contributed by atoms with van der Waals surface area (Å²) in [6.07, 6.45) is 6.11. The molecule has 1 saturated heterocycles. The molecule has 1 aliphatic carbocycles. The monoisotopic (exact) mass is 200 g/mol. The highest BCUT2D eigenvalue weighted by molar-refractivity contribution is 4.91. The van der Waals surface area contributed by atoms with Crippen molar-refractivity contribution in [2.45, 2.75) is 56.3 Å². The van der Waals surface area contributed by atoms with Crippen LogP contribution in [0.5, 0.6) is 0 Å². The Balaban J connectivity index is 1.91. The van der Waals surface area contributed by atoms with Gasteiger partial charge >= 0.3 is 0 Å². The van der Waals surface area contributed by atoms with Crippen LogP contribution in [0.15, 0.2) is 0 Å². The van der Waals surface area contributed by atoms with E-state index in [1.807, 2.05) is 0 Å². The molecule has 1 N–H and O–H groups in total. The van der Waals surface area contributed by atoms with E-state index >= 15 is 0 Å². The highest BCUT2D eigenvalue weighted by atomic mass is 16.5. The third-order valence-corrected chi connectivity index (χ3v) is 3.64. The lowest BCUT2D eigenvalue weighted by Gasteiger charge is -2.43. The lowest BCUT2D eigenvalue weighted by atomic mass is 9.78. The first-order valence-corrected chi connectivity index (χ1v) is 5.59. The zero-order valence-electron chi connectivity index (χ0n) is 8.87. The molecule has 1 aliphatic heterocycles. The Bertz CT molecular complexity index is 185. The molecule has 3 heteroatoms. The average Bonchev–Trinajstić information content (AvgIpc) is 2.19. The van der Waals surface area contributed by atoms with Crippen molar-refractivity contribution in [3.05, 3.63) is 0 Å². The maximum absolute atomic E-state index is 9.64. The molecule has 1 unspecified atom stereocenters. The molecular weight excluding hydrogens is 180 g/mol. The van der Waals surface area contributed by atoms with Gasteiger partial charge in [0.15, 0.2) is 0 Å². The van der Waals surface area contributed by atoms with Gasteiger partial charge in [-0.2, -0.15) is 0 Å². The highest BCUT2D eigenvalue weighted by Crippen LogP contribution is 2.39. The molecular formula is C11H20O3. The van der Waals surface area contributed by atoms with Crippen molar-refractivity contribution in [3.63, 3.8) is 0 Å². The first kappa shape index (κ1) is 10.4. The molecule has 0 aromatic carbocycles. The first-order chi connectivity index (χ1) is 6.74. The van der Waals surface area contributed by atoms with Gasteiger partial charge in [-0.25, -0.2) is 0 Å². The van der Waals surface area contributed by atoms with Crippen LogP contribution < -0.4 is 0 Å². The van der Waals surface area contributed by atoms with Crippen molar-refractivity contribution in [1.82, 2.24) is 0 Å². The van der Waals surface area contributed by atoms with Crippen molar-refractivity contribution in [2.24, 2.45) is 0 Å². The van der Waals surface area contributed by atoms with Gasteiger partial charge in [-0.15, -0.1) is 0 Å². The van der Waals surface area contributed by atoms with E-state index in [9.17, 15) is 5.11 Å². The number of hydrogen-bond acceptors (Lipinski definition) is 3. The van der Waals surface area contributed by atoms with Crippen LogP contribution in [0.1, 0.15) is 38.5 Å². The lowest BCUT2D eigenvalue weighted by molar-refractivity contribution is -0.147. The maximum Gasteiger partial charge on any atom is 0.0709 e. The van der Waals surface area contributed by atoms with Gasteiger partial charge < -0.3 is 14.6 Å². The van der Waals surface area contributed by atoms with Gasteiger partial charge in [0.1, 0.15) is 0 Å². The first-order valence-electron chi connectivity index (χ1n) is 5.59. The predicted molar refractivity (Wildman–Crippen MR) is 53.2 cm³/mol. The highest BCUT2D eigenvalue weighted by Gasteiger charge is 2.40. The van der Waals surface area contributed by atoms with Crippen molar-refractivity contribution < 1.29 is 14.6 Å². The van der Waals surface area contributed by atoms with Crippen LogP contribution in [-0.4, -0.2) is 36.6 Å². The minimum Gasteiger partial charge on any atom is -0.393 e. The predicted octanol–water partition coefficient (Wildman–Crippen LogP) is 1.49. The number of aliphatic hydroxyl groups is 1. The Morgan fingerprint density at radius 2 is 2.00 bits per heavy atom. The Hall–Kier alpha value is -0.120. The summed E-state index contributed by atoms with van der Waals surface area (Å²) in [7, 11) is 1.78. The second-order valence-electron chi connectivity index (χ2n) is 4.61. The molecule has 3 nitrogen and oxygen atoms in total. The molecule has 0 radical (unpaired) electrons. The molecule has 14 heavy (non-hydrogen) atoms. The van der Waals surface area contributed by atoms with Crippen molar-refractivity contribution in [2.75, 3.05) is 13.7 Å². The SMILES string of the molecule is COC1CCC2(CC1)CC(O)CCO2. The molecule has 2 aliphatic rings. The van der Waals surface area contributed by atoms with E-state index in [0.717, 1.165) is 45.1 Å². The summed E-state index contributed by atoms with van der Waals surface area (Å²) in [4.78, 5) is 0. The molecule has 0 aromatic heterocycles. The maximum atomic E-state index is 9.64. The van der Waals surface area contributed by atoms with Crippen LogP contribution in [0.25, 0.3) is 0 Å². The smallest absolute Gasteiger partial charge is 0.0709 e. The summed E-state index contributed by atoms with van der Waals surface area (Å²) in [6.45, 7) is 0.721. The minimum atomic E-state index is -0.150. The molecule has 1 spiro atoms. The van der Waals surface area contributed by atoms with Crippen molar-refractivity contribution in [3.8, 4) is 0 Å². The van der Waals surface area contributed by atoms with Crippen LogP contribution in [0.3, 0.4) is 0 Å². The number of ether oxygens (including phenoxy) is 2. The van der Waals surface area contributed by atoms with Crippen LogP contribution in [-0.2, 0) is 9.47 Å². The molecule has 1 atom stereocenters. The summed E-state index contributed by atoms with van der Waals surface area (Å²) >= 11 is 0. The molecule has 0 bridgehead atoms. The number of aliphatic hydroxyl groups excluding tert-OH is 1. The van der Waals surface area contributed by atoms with Gasteiger partial charge in [0.25, 0.3) is 0 Å². The molecule has 2 fully saturated rings. The molecule has 82 valence electrons. The zero-order chi connectivity index (χ0) is 10.0. The van der Waals surface area contributed by atoms with E-state index in [1.54, 1.807) is 7.11 Å². The van der Waals surface area contributed by atoms with E-state index in [-0.39, 0.29) is 11.7 Å². The van der Waals surface area contributed by atoms with E-state index < -0.39 is 0 Å². The number of rotatable bonds is 1. The topological polar surface area (TPSA) is 38.7 Å². The fourth-order valence-electron chi connectivity index (χ4n) is 2.70. The number of methoxy groups -OCH3 is 1. The van der Waals surface area contributed by atoms with Crippen molar-refractivity contribution in [1.29, 1.82) is 0 Å². The Morgan fingerprint density at radius 3 is 2.57 bits per heavy atom. The van der Waals surface area contributed by atoms with Gasteiger partial charge in [0.05, 0.1) is 17.8 Å². The van der Waals surface area contributed by atoms with Crippen LogP contribution >= 0.6 is 0 Å². The van der Waals surface area contributed by atoms with Gasteiger partial charge in [-0.05, 0) is 32.1 Å². The van der Waals surface area contributed by atoms with E-state index in [1.165, 1.54) is 0 Å². The molecule has 0 aromatic rings. The summed E-state index contributed by atoms with van der Waals surface area (Å²) in [5.74, 6) is 0. The van der Waals surface area contributed by atoms with Crippen LogP contribution in [0, 0.1) is 0 Å². The quantitative estimate of drug-likeness (QED) is 0.697. The second kappa shape index (κ2) is 4.17. The molecule has 0 amide bonds. The minimum absolute atomic E-state index is 0.0211. The normalized spacial score (nSPS) is 44.1. The fraction of sp³-hybridized carbons (Fsp3) is 1.00. The van der Waals surface area contributed by atoms with E-state index in [4.69, 9.17) is 9.47 Å². The number of hydrogen-bond donors (Lipinski definition) is 1. The van der Waals surface area contributed by atoms with Gasteiger partial charge in [-0.3, -0.25) is 0 Å². The molecule has 1 heterocycles. The Morgan fingerprint density at radius 1 is 1.29 bits per heavy atom. The van der Waals surface area contributed by atoms with Crippen LogP contribution in [0.2, 0.25) is 0 Å². The zero-order valence-corrected chi connectivity index (χ0v) is 8.87. The van der Waals surface area contributed by atoms with Crippen molar-refractivity contribution >= 4 is 0 Å². The largest absolute Gasteiger partial charge is 0.393 e. The van der Waals surface area contributed by atoms with Gasteiger partial charge in [0, 0.05) is 20.1 Å². The summed E-state index contributed by atoms with van der Waals surface area (Å²) in [5, 5.41) is 9.64. The van der Waals surface area contributed by atoms with Gasteiger partial charge in [0.2, 0.25) is 0 Å². The van der Waals surface area contributed by atoms with Crippen LogP contribution in [0.4, 0.5) is 0 Å². The van der Waals surface area contributed by atoms with Gasteiger partial charge in [-0.1, -0.05) is 0 Å². The third-order valence-electron chi connectivity index (χ3n) is 3.64. The molecule has 2 rings (SSSR count). The summed E-state index contributed by atoms with van der Waals surface area (Å²) in [6, 6.07) is 0. The lowest BCUT2D eigenvalue weighted by Crippen LogP contribution is -2.45. The third kappa shape index (κ3) is 2.10. The van der Waals surface area contributed by atoms with E-state index in [0.29, 0.717) is 6.10 Å². The summed E-state index contributed by atoms with van der Waals surface area (Å²) in [5.41, 5.74) is -0.0211. The van der Waals surface area contributed by atoms with E-state index in [2.05, 4.69) is 0 Å². The molecule has 1 saturated carbocycles. The Kier molecular flexibility index (Phi) is 3.10. The standard InChI is InChI=1S/C11H20O3/c1-13-10-2-5-11(6-3-10)8-9(12)4-7-14-11/h9-10,12H,2-8H2,1H3. The fourth-order valence-corrected chi connectivity index (χ4v) is 2.70. The summed E-state index contributed by atoms with van der Waals surface area (Å²) < 4.78 is 11.2. The Labute approximate surface area is 85.4 Å².